The van der Waals surface area contributed by atoms with Crippen LogP contribution in [0.15, 0.2) is 53.4 Å². The van der Waals surface area contributed by atoms with E-state index >= 15 is 0 Å². The van der Waals surface area contributed by atoms with Crippen molar-refractivity contribution in [1.82, 2.24) is 4.57 Å². The lowest BCUT2D eigenvalue weighted by atomic mass is 10.3. The van der Waals surface area contributed by atoms with Crippen LogP contribution in [0.4, 0.5) is 0 Å². The van der Waals surface area contributed by atoms with E-state index in [4.69, 9.17) is 6.85 Å². The third-order valence-electron chi connectivity index (χ3n) is 1.79. The topological polar surface area (TPSA) is 22.0 Å². The van der Waals surface area contributed by atoms with Crippen molar-refractivity contribution in [3.8, 4) is 5.69 Å². The highest BCUT2D eigenvalue weighted by Crippen LogP contribution is 2.04. The standard InChI is InChI=1S/C12H11NO/c1-10-7-8-12(14)13(9-10)11-5-3-2-4-6-11/h2-9H,1H3/i1D3,8D,9D. The fourth-order valence-corrected chi connectivity index (χ4v) is 1.16. The molecule has 1 aromatic heterocycles. The Morgan fingerprint density at radius 1 is 1.29 bits per heavy atom. The molecule has 0 saturated carbocycles. The second kappa shape index (κ2) is 3.50. The maximum Gasteiger partial charge on any atom is 0.255 e. The van der Waals surface area contributed by atoms with Crippen LogP contribution < -0.4 is 5.56 Å². The summed E-state index contributed by atoms with van der Waals surface area (Å²) in [6.45, 7) is -2.53. The molecule has 0 bridgehead atoms. The Balaban J connectivity index is 2.82. The minimum Gasteiger partial charge on any atom is -0.284 e. The summed E-state index contributed by atoms with van der Waals surface area (Å²) in [6, 6.07) is 8.76. The highest BCUT2D eigenvalue weighted by atomic mass is 16.1. The minimum absolute atomic E-state index is 0.305. The molecule has 70 valence electrons. The summed E-state index contributed by atoms with van der Waals surface area (Å²) in [4.78, 5) is 11.9. The summed E-state index contributed by atoms with van der Waals surface area (Å²) in [6.07, 6.45) is -0.410. The molecule has 0 unspecified atom stereocenters. The molecule has 2 heteroatoms. The highest BCUT2D eigenvalue weighted by molar-refractivity contribution is 5.32. The zero-order valence-corrected chi connectivity index (χ0v) is 7.32. The van der Waals surface area contributed by atoms with Gasteiger partial charge >= 0.3 is 0 Å². The van der Waals surface area contributed by atoms with E-state index < -0.39 is 24.6 Å². The second-order valence-electron chi connectivity index (χ2n) is 2.79. The third kappa shape index (κ3) is 1.59. The lowest BCUT2D eigenvalue weighted by molar-refractivity contribution is 0.976. The number of para-hydroxylation sites is 1. The SMILES string of the molecule is [2H]c1cc(C([2H])([2H])[2H])c([2H])n(-c2ccccc2)c1=O. The number of aromatic nitrogens is 1. The van der Waals surface area contributed by atoms with Gasteiger partial charge in [-0.1, -0.05) is 24.3 Å². The normalized spacial score (nSPS) is 16.1. The van der Waals surface area contributed by atoms with E-state index in [1.165, 1.54) is 0 Å². The lowest BCUT2D eigenvalue weighted by Crippen LogP contribution is -2.16. The average molecular weight is 190 g/mol. The van der Waals surface area contributed by atoms with Crippen molar-refractivity contribution >= 4 is 0 Å². The highest BCUT2D eigenvalue weighted by Gasteiger charge is 1.97. The second-order valence-corrected chi connectivity index (χ2v) is 2.79. The maximum atomic E-state index is 11.9. The van der Waals surface area contributed by atoms with Crippen LogP contribution in [-0.2, 0) is 0 Å². The Kier molecular flexibility index (Phi) is 1.15. The van der Waals surface area contributed by atoms with Gasteiger partial charge in [-0.25, -0.2) is 0 Å². The van der Waals surface area contributed by atoms with Gasteiger partial charge in [0.25, 0.3) is 5.56 Å². The van der Waals surface area contributed by atoms with Gasteiger partial charge in [0.15, 0.2) is 0 Å². The minimum atomic E-state index is -2.53. The van der Waals surface area contributed by atoms with Crippen LogP contribution in [0.1, 0.15) is 12.4 Å². The summed E-state index contributed by atoms with van der Waals surface area (Å²) < 4.78 is 38.5. The largest absolute Gasteiger partial charge is 0.284 e. The molecular formula is C12H11NO. The van der Waals surface area contributed by atoms with Crippen LogP contribution in [0.2, 0.25) is 0 Å². The van der Waals surface area contributed by atoms with E-state index in [1.807, 2.05) is 0 Å². The Morgan fingerprint density at radius 3 is 2.79 bits per heavy atom. The number of pyridine rings is 1. The summed E-state index contributed by atoms with van der Waals surface area (Å²) in [5.74, 6) is 0. The van der Waals surface area contributed by atoms with Crippen LogP contribution in [0.25, 0.3) is 5.69 Å². The van der Waals surface area contributed by atoms with E-state index in [-0.39, 0.29) is 5.56 Å². The number of hydrogen-bond acceptors (Lipinski definition) is 1. The van der Waals surface area contributed by atoms with Crippen molar-refractivity contribution in [2.75, 3.05) is 0 Å². The molecule has 2 rings (SSSR count). The molecule has 0 N–H and O–H groups in total. The molecule has 0 radical (unpaired) electrons. The summed E-state index contributed by atoms with van der Waals surface area (Å²) in [7, 11) is 0. The van der Waals surface area contributed by atoms with Gasteiger partial charge in [-0.2, -0.15) is 0 Å². The van der Waals surface area contributed by atoms with Crippen molar-refractivity contribution in [1.29, 1.82) is 0 Å². The van der Waals surface area contributed by atoms with Crippen LogP contribution in [0.3, 0.4) is 0 Å². The van der Waals surface area contributed by atoms with Crippen LogP contribution in [0.5, 0.6) is 0 Å². The van der Waals surface area contributed by atoms with Gasteiger partial charge in [-0.3, -0.25) is 9.36 Å². The van der Waals surface area contributed by atoms with E-state index in [9.17, 15) is 4.79 Å². The first-order chi connectivity index (χ1) is 8.82. The predicted molar refractivity (Wildman–Crippen MR) is 56.8 cm³/mol. The molecule has 0 fully saturated rings. The number of aryl methyl sites for hydroxylation is 1. The first-order valence-corrected chi connectivity index (χ1v) is 4.11. The Hall–Kier alpha value is -1.83. The van der Waals surface area contributed by atoms with Gasteiger partial charge in [0.05, 0.1) is 2.74 Å². The monoisotopic (exact) mass is 190 g/mol. The van der Waals surface area contributed by atoms with Gasteiger partial charge in [0, 0.05) is 22.0 Å². The first kappa shape index (κ1) is 4.60. The van der Waals surface area contributed by atoms with E-state index in [0.717, 1.165) is 10.6 Å². The number of hydrogen-bond donors (Lipinski definition) is 0. The molecule has 1 aromatic carbocycles. The summed E-state index contributed by atoms with van der Waals surface area (Å²) >= 11 is 0. The molecule has 2 aromatic rings. The number of rotatable bonds is 1. The molecule has 0 spiro atoms. The molecule has 0 amide bonds. The first-order valence-electron chi connectivity index (χ1n) is 6.61. The zero-order valence-electron chi connectivity index (χ0n) is 12.3. The summed E-state index contributed by atoms with van der Waals surface area (Å²) in [5.41, 5.74) is -0.637. The third-order valence-corrected chi connectivity index (χ3v) is 1.79. The van der Waals surface area contributed by atoms with Gasteiger partial charge in [-0.05, 0) is 24.5 Å². The van der Waals surface area contributed by atoms with E-state index in [1.54, 1.807) is 30.3 Å². The van der Waals surface area contributed by atoms with E-state index in [0.29, 0.717) is 5.69 Å². The molecule has 0 saturated heterocycles. The fraction of sp³-hybridized carbons (Fsp3) is 0.0833. The van der Waals surface area contributed by atoms with Crippen LogP contribution >= 0.6 is 0 Å². The molecule has 0 aliphatic rings. The quantitative estimate of drug-likeness (QED) is 0.675. The fourth-order valence-electron chi connectivity index (χ4n) is 1.16. The lowest BCUT2D eigenvalue weighted by Gasteiger charge is -2.05. The van der Waals surface area contributed by atoms with Gasteiger partial charge in [0.2, 0.25) is 0 Å². The zero-order chi connectivity index (χ0) is 14.2. The predicted octanol–water partition coefficient (Wildman–Crippen LogP) is 2.15. The number of benzene rings is 1. The Labute approximate surface area is 89.5 Å². The maximum absolute atomic E-state index is 11.9. The number of nitrogens with zero attached hydrogens (tertiary/aromatic N) is 1. The molecule has 14 heavy (non-hydrogen) atoms. The van der Waals surface area contributed by atoms with Crippen molar-refractivity contribution in [2.45, 2.75) is 6.85 Å². The molecule has 0 aliphatic heterocycles. The van der Waals surface area contributed by atoms with Crippen molar-refractivity contribution in [3.05, 3.63) is 64.5 Å². The van der Waals surface area contributed by atoms with Crippen molar-refractivity contribution in [3.63, 3.8) is 0 Å². The molecule has 0 aliphatic carbocycles. The van der Waals surface area contributed by atoms with Crippen molar-refractivity contribution < 1.29 is 6.85 Å². The van der Waals surface area contributed by atoms with Gasteiger partial charge < -0.3 is 0 Å². The molecule has 0 atom stereocenters. The Morgan fingerprint density at radius 2 is 2.07 bits per heavy atom. The smallest absolute Gasteiger partial charge is 0.255 e. The molecule has 2 nitrogen and oxygen atoms in total. The Bertz CT molecular complexity index is 660. The average Bonchev–Trinajstić information content (AvgIpc) is 2.34. The summed E-state index contributed by atoms with van der Waals surface area (Å²) in [5, 5.41) is 0. The molecular weight excluding hydrogens is 174 g/mol. The molecule has 1 heterocycles. The van der Waals surface area contributed by atoms with Crippen LogP contribution in [-0.4, -0.2) is 4.57 Å². The van der Waals surface area contributed by atoms with E-state index in [2.05, 4.69) is 0 Å². The van der Waals surface area contributed by atoms with Gasteiger partial charge in [-0.15, -0.1) is 0 Å². The van der Waals surface area contributed by atoms with Gasteiger partial charge in [0.1, 0.15) is 0 Å². The van der Waals surface area contributed by atoms with Crippen LogP contribution in [0, 0.1) is 6.85 Å². The van der Waals surface area contributed by atoms with Crippen molar-refractivity contribution in [2.24, 2.45) is 0 Å².